The van der Waals surface area contributed by atoms with E-state index >= 15 is 0 Å². The molecule has 9 rings (SSSR count). The number of hydrogen-bond acceptors (Lipinski definition) is 11. The number of pyridine rings is 3. The maximum atomic E-state index is 14.3. The number of carbonyl (C=O) groups excluding carboxylic acids is 1. The van der Waals surface area contributed by atoms with E-state index in [9.17, 15) is 4.79 Å². The number of carbonyl (C=O) groups is 1. The molecule has 0 aromatic carbocycles. The Hall–Kier alpha value is -4.26. The van der Waals surface area contributed by atoms with Gasteiger partial charge in [0, 0.05) is 55.2 Å². The topological polar surface area (TPSA) is 128 Å². The summed E-state index contributed by atoms with van der Waals surface area (Å²) in [6.07, 6.45) is 9.39. The molecule has 1 amide bonds. The summed E-state index contributed by atoms with van der Waals surface area (Å²) in [4.78, 5) is 31.8. The largest absolute Gasteiger partial charge is 0.421 e. The van der Waals surface area contributed by atoms with Gasteiger partial charge in [0.2, 0.25) is 11.8 Å². The molecule has 3 aliphatic heterocycles. The molecular weight excluding hydrogens is 614 g/mol. The lowest BCUT2D eigenvalue weighted by molar-refractivity contribution is 0.00352. The van der Waals surface area contributed by atoms with Crippen LogP contribution in [0.5, 0.6) is 0 Å². The lowest BCUT2D eigenvalue weighted by Crippen LogP contribution is -2.38. The number of morpholine rings is 1. The van der Waals surface area contributed by atoms with Crippen molar-refractivity contribution in [1.29, 1.82) is 0 Å². The van der Waals surface area contributed by atoms with E-state index in [1.54, 1.807) is 18.3 Å². The summed E-state index contributed by atoms with van der Waals surface area (Å²) >= 11 is 1.64. The number of ether oxygens (including phenoxy) is 2. The summed E-state index contributed by atoms with van der Waals surface area (Å²) in [6, 6.07) is 8.28. The van der Waals surface area contributed by atoms with Crippen LogP contribution in [0.15, 0.2) is 41.1 Å². The zero-order valence-electron chi connectivity index (χ0n) is 26.2. The van der Waals surface area contributed by atoms with Crippen molar-refractivity contribution >= 4 is 33.1 Å². The van der Waals surface area contributed by atoms with E-state index in [-0.39, 0.29) is 18.0 Å². The number of amides is 1. The van der Waals surface area contributed by atoms with Crippen LogP contribution in [0, 0.1) is 12.8 Å². The summed E-state index contributed by atoms with van der Waals surface area (Å²) in [6.45, 7) is 4.87. The van der Waals surface area contributed by atoms with Crippen LogP contribution in [-0.4, -0.2) is 68.9 Å². The molecule has 2 saturated heterocycles. The standard InChI is InChI=1S/C35H35N7O4S/c1-19-40-41-34(46-19)28-25(5-4-20-9-14-44-15-10-20)38-31-26-18-45-16-13-42(26)35(43)30(31)29(28)27-17-21-8-12-37-33(32(21)47-27)39-24-7-6-23-22(24)3-2-11-36-23/h2-3,8,11-12,17,20,24,26H,4-7,9-10,13-16,18H2,1H3,(H,37,39)/t24-,26?/m1/s1. The molecular formula is C35H35N7O4S. The summed E-state index contributed by atoms with van der Waals surface area (Å²) < 4.78 is 18.7. The second-order valence-corrected chi connectivity index (χ2v) is 13.9. The van der Waals surface area contributed by atoms with Crippen molar-refractivity contribution in [3.05, 3.63) is 70.8 Å². The molecule has 0 radical (unpaired) electrons. The molecule has 1 unspecified atom stereocenters. The van der Waals surface area contributed by atoms with Crippen molar-refractivity contribution in [2.45, 2.75) is 57.5 Å². The molecule has 5 aromatic heterocycles. The van der Waals surface area contributed by atoms with Crippen molar-refractivity contribution in [2.24, 2.45) is 5.92 Å². The lowest BCUT2D eigenvalue weighted by atomic mass is 9.90. The molecule has 8 heterocycles. The maximum absolute atomic E-state index is 14.3. The van der Waals surface area contributed by atoms with E-state index in [1.165, 1.54) is 5.56 Å². The molecule has 0 saturated carbocycles. The Kier molecular flexibility index (Phi) is 7.24. The highest BCUT2D eigenvalue weighted by Crippen LogP contribution is 2.49. The van der Waals surface area contributed by atoms with Crippen LogP contribution in [0.3, 0.4) is 0 Å². The minimum atomic E-state index is -0.213. The summed E-state index contributed by atoms with van der Waals surface area (Å²) in [7, 11) is 0. The number of aryl methyl sites for hydroxylation is 3. The van der Waals surface area contributed by atoms with Crippen LogP contribution in [0.2, 0.25) is 0 Å². The van der Waals surface area contributed by atoms with Crippen molar-refractivity contribution in [2.75, 3.05) is 38.3 Å². The molecule has 1 N–H and O–H groups in total. The van der Waals surface area contributed by atoms with Gasteiger partial charge in [0.15, 0.2) is 0 Å². The van der Waals surface area contributed by atoms with Gasteiger partial charge >= 0.3 is 0 Å². The zero-order chi connectivity index (χ0) is 31.5. The van der Waals surface area contributed by atoms with E-state index < -0.39 is 0 Å². The first-order valence-electron chi connectivity index (χ1n) is 16.6. The van der Waals surface area contributed by atoms with E-state index in [0.29, 0.717) is 43.0 Å². The maximum Gasteiger partial charge on any atom is 0.257 e. The predicted octanol–water partition coefficient (Wildman–Crippen LogP) is 6.10. The molecule has 5 aromatic rings. The Morgan fingerprint density at radius 1 is 1.02 bits per heavy atom. The molecule has 2 fully saturated rings. The fraction of sp³-hybridized carbons (Fsp3) is 0.429. The van der Waals surface area contributed by atoms with E-state index in [0.717, 1.165) is 101 Å². The van der Waals surface area contributed by atoms with Gasteiger partial charge in [0.05, 0.1) is 52.5 Å². The van der Waals surface area contributed by atoms with Crippen LogP contribution >= 0.6 is 11.3 Å². The third-order valence-electron chi connectivity index (χ3n) is 10.1. The first-order valence-corrected chi connectivity index (χ1v) is 17.4. The van der Waals surface area contributed by atoms with Crippen molar-refractivity contribution < 1.29 is 18.7 Å². The van der Waals surface area contributed by atoms with Crippen LogP contribution < -0.4 is 5.32 Å². The highest BCUT2D eigenvalue weighted by molar-refractivity contribution is 7.23. The normalized spacial score (nSPS) is 20.9. The van der Waals surface area contributed by atoms with Crippen molar-refractivity contribution in [3.8, 4) is 21.9 Å². The number of thiophene rings is 1. The van der Waals surface area contributed by atoms with Crippen LogP contribution in [-0.2, 0) is 22.3 Å². The van der Waals surface area contributed by atoms with Gasteiger partial charge in [-0.25, -0.2) is 4.98 Å². The number of fused-ring (bicyclic) bond motifs is 5. The second-order valence-electron chi connectivity index (χ2n) is 12.8. The summed E-state index contributed by atoms with van der Waals surface area (Å²) in [5.41, 5.74) is 6.24. The average Bonchev–Trinajstić information content (AvgIpc) is 3.90. The summed E-state index contributed by atoms with van der Waals surface area (Å²) in [5.74, 6) is 2.23. The molecule has 0 bridgehead atoms. The fourth-order valence-corrected chi connectivity index (χ4v) is 8.84. The number of rotatable bonds is 7. The van der Waals surface area contributed by atoms with Gasteiger partial charge in [0.25, 0.3) is 5.91 Å². The number of anilines is 1. The highest BCUT2D eigenvalue weighted by atomic mass is 32.1. The average molecular weight is 650 g/mol. The first-order chi connectivity index (χ1) is 23.1. The van der Waals surface area contributed by atoms with Crippen LogP contribution in [0.4, 0.5) is 5.82 Å². The van der Waals surface area contributed by atoms with Crippen molar-refractivity contribution in [3.63, 3.8) is 0 Å². The molecule has 2 atom stereocenters. The third-order valence-corrected chi connectivity index (χ3v) is 11.2. The predicted molar refractivity (Wildman–Crippen MR) is 176 cm³/mol. The number of hydrogen-bond donors (Lipinski definition) is 1. The molecule has 4 aliphatic rings. The van der Waals surface area contributed by atoms with Crippen molar-refractivity contribution in [1.82, 2.24) is 30.0 Å². The van der Waals surface area contributed by atoms with Crippen LogP contribution in [0.1, 0.15) is 76.7 Å². The smallest absolute Gasteiger partial charge is 0.257 e. The minimum Gasteiger partial charge on any atom is -0.421 e. The van der Waals surface area contributed by atoms with Gasteiger partial charge in [-0.3, -0.25) is 14.8 Å². The Balaban J connectivity index is 1.21. The van der Waals surface area contributed by atoms with Crippen LogP contribution in [0.25, 0.3) is 32.0 Å². The molecule has 1 aliphatic carbocycles. The number of aromatic nitrogens is 5. The van der Waals surface area contributed by atoms with E-state index in [2.05, 4.69) is 32.6 Å². The van der Waals surface area contributed by atoms with E-state index in [1.807, 2.05) is 29.4 Å². The molecule has 11 nitrogen and oxygen atoms in total. The first kappa shape index (κ1) is 28.9. The van der Waals surface area contributed by atoms with E-state index in [4.69, 9.17) is 23.9 Å². The number of nitrogens with zero attached hydrogens (tertiary/aromatic N) is 6. The Morgan fingerprint density at radius 2 is 1.94 bits per heavy atom. The zero-order valence-corrected chi connectivity index (χ0v) is 27.0. The second kappa shape index (κ2) is 11.8. The van der Waals surface area contributed by atoms with Gasteiger partial charge < -0.3 is 24.1 Å². The number of nitrogens with one attached hydrogen (secondary N) is 1. The molecule has 12 heteroatoms. The third kappa shape index (κ3) is 5.01. The molecule has 240 valence electrons. The van der Waals surface area contributed by atoms with Gasteiger partial charge in [0.1, 0.15) is 5.82 Å². The van der Waals surface area contributed by atoms with Gasteiger partial charge in [-0.2, -0.15) is 0 Å². The lowest BCUT2D eigenvalue weighted by Gasteiger charge is -2.29. The Bertz CT molecular complexity index is 2000. The quantitative estimate of drug-likeness (QED) is 0.221. The highest BCUT2D eigenvalue weighted by Gasteiger charge is 2.44. The molecule has 0 spiro atoms. The van der Waals surface area contributed by atoms with Gasteiger partial charge in [-0.05, 0) is 73.6 Å². The fourth-order valence-electron chi connectivity index (χ4n) is 7.68. The van der Waals surface area contributed by atoms with Gasteiger partial charge in [-0.1, -0.05) is 6.07 Å². The monoisotopic (exact) mass is 649 g/mol. The van der Waals surface area contributed by atoms with Gasteiger partial charge in [-0.15, -0.1) is 21.5 Å². The Labute approximate surface area is 275 Å². The SMILES string of the molecule is Cc1nnc(-c2c(CCC3CCOCC3)nc3c(c2-c2cc4ccnc(N[C@@H]5CCc6ncccc65)c4s2)C(=O)N2CCOCC32)o1. The minimum absolute atomic E-state index is 0.0201. The summed E-state index contributed by atoms with van der Waals surface area (Å²) in [5, 5.41) is 13.5. The Morgan fingerprint density at radius 3 is 2.81 bits per heavy atom. The molecule has 47 heavy (non-hydrogen) atoms.